The molecule has 7 heteroatoms. The summed E-state index contributed by atoms with van der Waals surface area (Å²) in [5.74, 6) is 0.977. The molecule has 1 atom stereocenters. The monoisotopic (exact) mass is 259 g/mol. The summed E-state index contributed by atoms with van der Waals surface area (Å²) in [5.41, 5.74) is 0. The summed E-state index contributed by atoms with van der Waals surface area (Å²) in [7, 11) is -4.12. The van der Waals surface area contributed by atoms with Gasteiger partial charge in [0.15, 0.2) is 0 Å². The number of alkyl halides is 1. The molecule has 14 heavy (non-hydrogen) atoms. The van der Waals surface area contributed by atoms with Crippen LogP contribution in [0.5, 0.6) is 0 Å². The summed E-state index contributed by atoms with van der Waals surface area (Å²) in [6.45, 7) is 2.31. The Kier molecular flexibility index (Phi) is 4.36. The van der Waals surface area contributed by atoms with Gasteiger partial charge in [0.2, 0.25) is 10.0 Å². The van der Waals surface area contributed by atoms with E-state index in [2.05, 4.69) is 0 Å². The first-order chi connectivity index (χ1) is 6.48. The first-order valence-electron chi connectivity index (χ1n) is 4.38. The van der Waals surface area contributed by atoms with Gasteiger partial charge >= 0.3 is 0 Å². The zero-order valence-electron chi connectivity index (χ0n) is 7.98. The fourth-order valence-electron chi connectivity index (χ4n) is 1.21. The number of hydrogen-bond acceptors (Lipinski definition) is 3. The first kappa shape index (κ1) is 12.4. The second-order valence-corrected chi connectivity index (χ2v) is 7.61. The summed E-state index contributed by atoms with van der Waals surface area (Å²) in [5, 5.41) is -0.560. The van der Waals surface area contributed by atoms with E-state index in [0.717, 1.165) is 0 Å². The minimum Gasteiger partial charge on any atom is -0.259 e. The molecule has 0 aromatic carbocycles. The number of sulfonamides is 1. The number of hydrogen-bond donors (Lipinski definition) is 0. The molecule has 0 aliphatic carbocycles. The Morgan fingerprint density at radius 3 is 2.36 bits per heavy atom. The topological polar surface area (TPSA) is 54.5 Å². The lowest BCUT2D eigenvalue weighted by molar-refractivity contribution is 0.433. The lowest BCUT2D eigenvalue weighted by atomic mass is 10.6. The van der Waals surface area contributed by atoms with Crippen LogP contribution in [0.4, 0.5) is 0 Å². The largest absolute Gasteiger partial charge is 0.259 e. The summed E-state index contributed by atoms with van der Waals surface area (Å²) >= 11 is 5.52. The second-order valence-electron chi connectivity index (χ2n) is 3.26. The van der Waals surface area contributed by atoms with Crippen molar-refractivity contribution in [1.82, 2.24) is 4.31 Å². The van der Waals surface area contributed by atoms with Crippen molar-refractivity contribution in [3.63, 3.8) is 0 Å². The highest BCUT2D eigenvalue weighted by Crippen LogP contribution is 2.13. The van der Waals surface area contributed by atoms with Gasteiger partial charge in [-0.05, 0) is 6.92 Å². The Balaban J connectivity index is 2.69. The molecule has 1 fully saturated rings. The molecule has 0 spiro atoms. The van der Waals surface area contributed by atoms with E-state index in [-0.39, 0.29) is 5.88 Å². The molecule has 0 aromatic rings. The zero-order valence-corrected chi connectivity index (χ0v) is 10.4. The van der Waals surface area contributed by atoms with E-state index in [1.165, 1.54) is 4.31 Å². The van der Waals surface area contributed by atoms with Crippen LogP contribution in [0.2, 0.25) is 0 Å². The van der Waals surface area contributed by atoms with Gasteiger partial charge in [-0.25, -0.2) is 8.42 Å². The average Bonchev–Trinajstić information content (AvgIpc) is 2.17. The molecule has 0 radical (unpaired) electrons. The third kappa shape index (κ3) is 2.68. The Bertz CT molecular complexity index is 307. The predicted molar refractivity (Wildman–Crippen MR) is 58.6 cm³/mol. The van der Waals surface area contributed by atoms with Gasteiger partial charge in [0, 0.05) is 41.3 Å². The van der Waals surface area contributed by atoms with E-state index in [1.54, 1.807) is 6.92 Å². The Morgan fingerprint density at radius 1 is 1.43 bits per heavy atom. The predicted octanol–water partition coefficient (Wildman–Crippen LogP) is 0.00780. The highest BCUT2D eigenvalue weighted by atomic mass is 35.5. The van der Waals surface area contributed by atoms with E-state index in [9.17, 15) is 12.6 Å². The highest BCUT2D eigenvalue weighted by molar-refractivity contribution is 7.90. The fourth-order valence-corrected chi connectivity index (χ4v) is 4.33. The van der Waals surface area contributed by atoms with Crippen molar-refractivity contribution in [2.24, 2.45) is 0 Å². The van der Waals surface area contributed by atoms with Gasteiger partial charge in [-0.15, -0.1) is 11.6 Å². The number of rotatable bonds is 3. The van der Waals surface area contributed by atoms with Crippen LogP contribution in [0.15, 0.2) is 0 Å². The Hall–Kier alpha value is 0.350. The van der Waals surface area contributed by atoms with Crippen LogP contribution >= 0.6 is 11.6 Å². The SMILES string of the molecule is CC(CCl)S(=O)(=O)N1CCS(=O)CC1. The summed E-state index contributed by atoms with van der Waals surface area (Å²) in [6, 6.07) is 0. The van der Waals surface area contributed by atoms with Gasteiger partial charge in [-0.1, -0.05) is 0 Å². The van der Waals surface area contributed by atoms with Crippen LogP contribution < -0.4 is 0 Å². The lowest BCUT2D eigenvalue weighted by Crippen LogP contribution is -2.45. The lowest BCUT2D eigenvalue weighted by Gasteiger charge is -2.27. The molecular formula is C7H14ClNO3S2. The standard InChI is InChI=1S/C7H14ClNO3S2/c1-7(6-8)14(11,12)9-2-4-13(10)5-3-9/h7H,2-6H2,1H3. The molecule has 1 heterocycles. The van der Waals surface area contributed by atoms with Crippen molar-refractivity contribution in [1.29, 1.82) is 0 Å². The van der Waals surface area contributed by atoms with Crippen LogP contribution in [0, 0.1) is 0 Å². The third-order valence-corrected chi connectivity index (χ3v) is 6.41. The molecule has 84 valence electrons. The quantitative estimate of drug-likeness (QED) is 0.671. The summed E-state index contributed by atoms with van der Waals surface area (Å²) in [4.78, 5) is 0. The van der Waals surface area contributed by atoms with Gasteiger partial charge in [0.25, 0.3) is 0 Å². The van der Waals surface area contributed by atoms with E-state index in [0.29, 0.717) is 24.6 Å². The highest BCUT2D eigenvalue weighted by Gasteiger charge is 2.30. The van der Waals surface area contributed by atoms with Gasteiger partial charge in [-0.2, -0.15) is 4.31 Å². The van der Waals surface area contributed by atoms with Crippen molar-refractivity contribution >= 4 is 32.4 Å². The second kappa shape index (κ2) is 4.92. The molecule has 0 N–H and O–H groups in total. The van der Waals surface area contributed by atoms with Crippen LogP contribution in [0.25, 0.3) is 0 Å². The van der Waals surface area contributed by atoms with Crippen molar-refractivity contribution in [2.45, 2.75) is 12.2 Å². The van der Waals surface area contributed by atoms with Crippen LogP contribution in [0.3, 0.4) is 0 Å². The molecule has 1 aliphatic heterocycles. The van der Waals surface area contributed by atoms with E-state index in [1.807, 2.05) is 0 Å². The molecule has 1 rings (SSSR count). The summed E-state index contributed by atoms with van der Waals surface area (Å²) in [6.07, 6.45) is 0. The van der Waals surface area contributed by atoms with Crippen molar-refractivity contribution < 1.29 is 12.6 Å². The van der Waals surface area contributed by atoms with Crippen LogP contribution in [-0.4, -0.2) is 52.7 Å². The summed E-state index contributed by atoms with van der Waals surface area (Å²) < 4.78 is 36.0. The Morgan fingerprint density at radius 2 is 1.93 bits per heavy atom. The van der Waals surface area contributed by atoms with E-state index < -0.39 is 26.1 Å². The zero-order chi connectivity index (χ0) is 10.8. The molecular weight excluding hydrogens is 246 g/mol. The smallest absolute Gasteiger partial charge is 0.217 e. The van der Waals surface area contributed by atoms with Crippen molar-refractivity contribution in [3.8, 4) is 0 Å². The molecule has 0 amide bonds. The van der Waals surface area contributed by atoms with Gasteiger partial charge < -0.3 is 0 Å². The molecule has 0 aromatic heterocycles. The normalized spacial score (nSPS) is 23.6. The fraction of sp³-hybridized carbons (Fsp3) is 1.00. The van der Waals surface area contributed by atoms with Crippen molar-refractivity contribution in [3.05, 3.63) is 0 Å². The maximum Gasteiger partial charge on any atom is 0.217 e. The Labute approximate surface area is 92.1 Å². The minimum absolute atomic E-state index is 0.0991. The van der Waals surface area contributed by atoms with Gasteiger partial charge in [-0.3, -0.25) is 4.21 Å². The third-order valence-electron chi connectivity index (χ3n) is 2.22. The van der Waals surface area contributed by atoms with Crippen molar-refractivity contribution in [2.75, 3.05) is 30.5 Å². The van der Waals surface area contributed by atoms with E-state index >= 15 is 0 Å². The molecule has 1 unspecified atom stereocenters. The molecule has 1 aliphatic rings. The van der Waals surface area contributed by atoms with Gasteiger partial charge in [0.05, 0.1) is 5.25 Å². The maximum atomic E-state index is 11.8. The molecule has 1 saturated heterocycles. The van der Waals surface area contributed by atoms with E-state index in [4.69, 9.17) is 11.6 Å². The minimum atomic E-state index is -3.27. The maximum absolute atomic E-state index is 11.8. The molecule has 4 nitrogen and oxygen atoms in total. The molecule has 0 bridgehead atoms. The van der Waals surface area contributed by atoms with Gasteiger partial charge in [0.1, 0.15) is 0 Å². The average molecular weight is 260 g/mol. The van der Waals surface area contributed by atoms with Crippen LogP contribution in [-0.2, 0) is 20.8 Å². The number of nitrogens with zero attached hydrogens (tertiary/aromatic N) is 1. The van der Waals surface area contributed by atoms with Crippen LogP contribution in [0.1, 0.15) is 6.92 Å². The molecule has 0 saturated carbocycles. The first-order valence-corrected chi connectivity index (χ1v) is 7.91. The number of halogens is 1.